The van der Waals surface area contributed by atoms with E-state index >= 15 is 0 Å². The molecule has 0 radical (unpaired) electrons. The van der Waals surface area contributed by atoms with E-state index in [1.807, 2.05) is 0 Å². The maximum atomic E-state index is 12.6. The fraction of sp³-hybridized carbons (Fsp3) is 0.864. The van der Waals surface area contributed by atoms with Gasteiger partial charge >= 0.3 is 19.8 Å². The first-order valence-electron chi connectivity index (χ1n) is 22.3. The SMILES string of the molecule is CCCCCCCCCCCCCCCC/C=C/CC/C=C/CCCC(=O)O[C@H](COC(=O)CCCCCCCCCCC)COP(=O)(O)OC[C@@H](O)CO. The van der Waals surface area contributed by atoms with E-state index in [1.165, 1.54) is 122 Å². The van der Waals surface area contributed by atoms with Gasteiger partial charge in [0.2, 0.25) is 0 Å². The van der Waals surface area contributed by atoms with Gasteiger partial charge in [0.25, 0.3) is 0 Å². The average molecular weight is 803 g/mol. The molecule has 3 N–H and O–H groups in total. The summed E-state index contributed by atoms with van der Waals surface area (Å²) in [4.78, 5) is 34.8. The predicted molar refractivity (Wildman–Crippen MR) is 224 cm³/mol. The second kappa shape index (κ2) is 40.6. The molecule has 0 aromatic carbocycles. The molecule has 10 nitrogen and oxygen atoms in total. The molecule has 0 amide bonds. The van der Waals surface area contributed by atoms with Crippen LogP contribution in [0.5, 0.6) is 0 Å². The fourth-order valence-electron chi connectivity index (χ4n) is 6.13. The number of carbonyl (C=O) groups is 2. The molecular formula is C44H83O10P. The van der Waals surface area contributed by atoms with Crippen LogP contribution in [0.2, 0.25) is 0 Å². The average Bonchev–Trinajstić information content (AvgIpc) is 3.17. The summed E-state index contributed by atoms with van der Waals surface area (Å²) in [6.45, 7) is 2.33. The first-order chi connectivity index (χ1) is 26.7. The Labute approximate surface area is 336 Å². The summed E-state index contributed by atoms with van der Waals surface area (Å²) >= 11 is 0. The summed E-state index contributed by atoms with van der Waals surface area (Å²) in [5, 5.41) is 18.3. The third-order valence-electron chi connectivity index (χ3n) is 9.59. The number of aliphatic hydroxyl groups excluding tert-OH is 2. The lowest BCUT2D eigenvalue weighted by Crippen LogP contribution is -2.29. The van der Waals surface area contributed by atoms with Crippen molar-refractivity contribution in [1.29, 1.82) is 0 Å². The van der Waals surface area contributed by atoms with Crippen molar-refractivity contribution >= 4 is 19.8 Å². The molecule has 324 valence electrons. The zero-order valence-corrected chi connectivity index (χ0v) is 36.0. The Balaban J connectivity index is 4.21. The largest absolute Gasteiger partial charge is 0.472 e. The number of ether oxygens (including phenoxy) is 2. The quantitative estimate of drug-likeness (QED) is 0.0236. The molecular weight excluding hydrogens is 719 g/mol. The standard InChI is InChI=1S/C44H83O10P/c1-3-5-7-9-11-13-14-15-16-17-18-19-20-21-22-23-24-25-26-28-30-32-34-36-44(48)54-42(40-53-55(49,50)52-38-41(46)37-45)39-51-43(47)35-33-31-29-27-12-10-8-6-4-2/h23-24,28,30,41-42,45-46H,3-22,25-27,29,31-40H2,1-2H3,(H,49,50)/b24-23+,30-28+/t41-,42+/m0/s1. The zero-order valence-electron chi connectivity index (χ0n) is 35.2. The van der Waals surface area contributed by atoms with Gasteiger partial charge in [0.05, 0.1) is 19.8 Å². The molecule has 0 heterocycles. The summed E-state index contributed by atoms with van der Waals surface area (Å²) in [6.07, 6.45) is 40.4. The maximum Gasteiger partial charge on any atom is 0.472 e. The molecule has 0 saturated heterocycles. The molecule has 0 aliphatic rings. The summed E-state index contributed by atoms with van der Waals surface area (Å²) in [5.74, 6) is -0.971. The number of unbranched alkanes of at least 4 members (excludes halogenated alkanes) is 24. The normalized spacial score (nSPS) is 14.1. The van der Waals surface area contributed by atoms with E-state index < -0.39 is 51.8 Å². The van der Waals surface area contributed by atoms with Crippen molar-refractivity contribution in [1.82, 2.24) is 0 Å². The third kappa shape index (κ3) is 40.4. The van der Waals surface area contributed by atoms with Gasteiger partial charge in [-0.3, -0.25) is 18.6 Å². The van der Waals surface area contributed by atoms with Crippen LogP contribution < -0.4 is 0 Å². The van der Waals surface area contributed by atoms with Crippen LogP contribution in [0.15, 0.2) is 24.3 Å². The number of carbonyl (C=O) groups excluding carboxylic acids is 2. The zero-order chi connectivity index (χ0) is 40.5. The van der Waals surface area contributed by atoms with Crippen LogP contribution >= 0.6 is 7.82 Å². The molecule has 55 heavy (non-hydrogen) atoms. The van der Waals surface area contributed by atoms with Gasteiger partial charge in [0.15, 0.2) is 6.10 Å². The van der Waals surface area contributed by atoms with E-state index in [2.05, 4.69) is 42.7 Å². The molecule has 0 aliphatic carbocycles. The van der Waals surface area contributed by atoms with E-state index in [4.69, 9.17) is 19.1 Å². The van der Waals surface area contributed by atoms with Crippen LogP contribution in [0, 0.1) is 0 Å². The van der Waals surface area contributed by atoms with Crippen LogP contribution in [0.3, 0.4) is 0 Å². The lowest BCUT2D eigenvalue weighted by Gasteiger charge is -2.20. The lowest BCUT2D eigenvalue weighted by molar-refractivity contribution is -0.161. The van der Waals surface area contributed by atoms with Crippen molar-refractivity contribution < 1.29 is 47.8 Å². The Morgan fingerprint density at radius 3 is 1.42 bits per heavy atom. The van der Waals surface area contributed by atoms with Gasteiger partial charge in [-0.1, -0.05) is 173 Å². The Kier molecular flexibility index (Phi) is 39.5. The monoisotopic (exact) mass is 803 g/mol. The second-order valence-corrected chi connectivity index (χ2v) is 16.5. The molecule has 0 aliphatic heterocycles. The minimum atomic E-state index is -4.62. The van der Waals surface area contributed by atoms with Gasteiger partial charge in [-0.15, -0.1) is 0 Å². The molecule has 0 saturated carbocycles. The minimum Gasteiger partial charge on any atom is -0.462 e. The molecule has 0 fully saturated rings. The second-order valence-electron chi connectivity index (χ2n) is 15.1. The van der Waals surface area contributed by atoms with Gasteiger partial charge in [-0.05, 0) is 44.9 Å². The number of allylic oxidation sites excluding steroid dienone is 4. The molecule has 1 unspecified atom stereocenters. The summed E-state index contributed by atoms with van der Waals surface area (Å²) in [5.41, 5.74) is 0. The first-order valence-corrected chi connectivity index (χ1v) is 23.8. The Morgan fingerprint density at radius 1 is 0.527 bits per heavy atom. The van der Waals surface area contributed by atoms with Crippen molar-refractivity contribution in [3.63, 3.8) is 0 Å². The summed E-state index contributed by atoms with van der Waals surface area (Å²) in [6, 6.07) is 0. The highest BCUT2D eigenvalue weighted by Gasteiger charge is 2.27. The van der Waals surface area contributed by atoms with Gasteiger partial charge < -0.3 is 24.6 Å². The molecule has 0 rings (SSSR count). The molecule has 0 spiro atoms. The predicted octanol–water partition coefficient (Wildman–Crippen LogP) is 11.8. The topological polar surface area (TPSA) is 149 Å². The molecule has 11 heteroatoms. The van der Waals surface area contributed by atoms with Crippen LogP contribution in [-0.4, -0.2) is 65.7 Å². The molecule has 0 bridgehead atoms. The van der Waals surface area contributed by atoms with Crippen LogP contribution in [0.25, 0.3) is 0 Å². The highest BCUT2D eigenvalue weighted by Crippen LogP contribution is 2.43. The first kappa shape index (κ1) is 53.5. The number of phosphoric ester groups is 1. The van der Waals surface area contributed by atoms with Gasteiger partial charge in [0.1, 0.15) is 12.7 Å². The van der Waals surface area contributed by atoms with Crippen LogP contribution in [0.1, 0.15) is 206 Å². The van der Waals surface area contributed by atoms with E-state index in [0.29, 0.717) is 19.3 Å². The van der Waals surface area contributed by atoms with Gasteiger partial charge in [-0.25, -0.2) is 4.57 Å². The fourth-order valence-corrected chi connectivity index (χ4v) is 6.92. The number of hydrogen-bond acceptors (Lipinski definition) is 9. The van der Waals surface area contributed by atoms with Crippen molar-refractivity contribution in [3.05, 3.63) is 24.3 Å². The molecule has 0 aromatic rings. The van der Waals surface area contributed by atoms with Crippen LogP contribution in [-0.2, 0) is 32.7 Å². The number of esters is 2. The van der Waals surface area contributed by atoms with Crippen molar-refractivity contribution in [3.8, 4) is 0 Å². The van der Waals surface area contributed by atoms with E-state index in [1.54, 1.807) is 0 Å². The Morgan fingerprint density at radius 2 is 0.927 bits per heavy atom. The Bertz CT molecular complexity index is 972. The number of aliphatic hydroxyl groups is 2. The lowest BCUT2D eigenvalue weighted by atomic mass is 10.0. The minimum absolute atomic E-state index is 0.127. The van der Waals surface area contributed by atoms with Crippen molar-refractivity contribution in [2.24, 2.45) is 0 Å². The van der Waals surface area contributed by atoms with Crippen LogP contribution in [0.4, 0.5) is 0 Å². The third-order valence-corrected chi connectivity index (χ3v) is 10.5. The Hall–Kier alpha value is -1.55. The number of phosphoric acid groups is 1. The summed E-state index contributed by atoms with van der Waals surface area (Å²) < 4.78 is 32.6. The number of rotatable bonds is 42. The summed E-state index contributed by atoms with van der Waals surface area (Å²) in [7, 11) is -4.62. The van der Waals surface area contributed by atoms with E-state index in [0.717, 1.165) is 38.5 Å². The van der Waals surface area contributed by atoms with Crippen molar-refractivity contribution in [2.75, 3.05) is 26.4 Å². The smallest absolute Gasteiger partial charge is 0.462 e. The maximum absolute atomic E-state index is 12.6. The van der Waals surface area contributed by atoms with Gasteiger partial charge in [-0.2, -0.15) is 0 Å². The van der Waals surface area contributed by atoms with Gasteiger partial charge in [0, 0.05) is 12.8 Å². The van der Waals surface area contributed by atoms with E-state index in [9.17, 15) is 24.2 Å². The molecule has 0 aromatic heterocycles. The number of hydrogen-bond donors (Lipinski definition) is 3. The highest BCUT2D eigenvalue weighted by atomic mass is 31.2. The highest BCUT2D eigenvalue weighted by molar-refractivity contribution is 7.47. The van der Waals surface area contributed by atoms with E-state index in [-0.39, 0.29) is 19.4 Å². The van der Waals surface area contributed by atoms with Crippen molar-refractivity contribution in [2.45, 2.75) is 219 Å². The molecule has 3 atom stereocenters.